The molecule has 20 heavy (non-hydrogen) atoms. The zero-order valence-corrected chi connectivity index (χ0v) is 11.4. The Hall–Kier alpha value is -2.07. The third-order valence-corrected chi connectivity index (χ3v) is 3.75. The highest BCUT2D eigenvalue weighted by atomic mass is 15.2. The summed E-state index contributed by atoms with van der Waals surface area (Å²) in [7, 11) is 0. The molecule has 0 bridgehead atoms. The molecule has 1 aliphatic heterocycles. The van der Waals surface area contributed by atoms with E-state index in [4.69, 9.17) is 11.5 Å². The second kappa shape index (κ2) is 5.51. The number of anilines is 2. The summed E-state index contributed by atoms with van der Waals surface area (Å²) in [6.45, 7) is 1.88. The number of nitrogen functional groups attached to an aromatic ring is 1. The standard InChI is InChI=1S/C16H19N4/c17-13-7-4-10-20(11-13)14-8-9-19-16(18)15(14)12-5-2-1-3-6-12/h1-2,5-6,8-9,13H,4,7,10-11,17H2,(H2,18,19)/t13-/m1/s1. The molecule has 4 nitrogen and oxygen atoms in total. The lowest BCUT2D eigenvalue weighted by atomic mass is 10.0. The SMILES string of the molecule is Nc1nccc(N2CCC[C@@H](N)C2)c1-c1c[c]ccc1. The van der Waals surface area contributed by atoms with Crippen LogP contribution in [0.3, 0.4) is 0 Å². The van der Waals surface area contributed by atoms with Crippen LogP contribution in [-0.2, 0) is 0 Å². The molecule has 1 saturated heterocycles. The Morgan fingerprint density at radius 1 is 1.35 bits per heavy atom. The molecule has 103 valence electrons. The minimum atomic E-state index is 0.230. The number of rotatable bonds is 2. The summed E-state index contributed by atoms with van der Waals surface area (Å²) in [4.78, 5) is 6.55. The van der Waals surface area contributed by atoms with Crippen LogP contribution in [0.1, 0.15) is 12.8 Å². The number of benzene rings is 1. The average molecular weight is 267 g/mol. The average Bonchev–Trinajstić information content (AvgIpc) is 2.48. The summed E-state index contributed by atoms with van der Waals surface area (Å²) in [5.74, 6) is 0.557. The Balaban J connectivity index is 2.05. The molecule has 0 amide bonds. The van der Waals surface area contributed by atoms with Gasteiger partial charge in [-0.05, 0) is 36.6 Å². The molecule has 4 heteroatoms. The molecule has 1 atom stereocenters. The molecule has 2 aromatic rings. The van der Waals surface area contributed by atoms with Crippen LogP contribution < -0.4 is 16.4 Å². The van der Waals surface area contributed by atoms with Crippen molar-refractivity contribution >= 4 is 11.5 Å². The van der Waals surface area contributed by atoms with E-state index in [0.717, 1.165) is 42.7 Å². The maximum absolute atomic E-state index is 6.11. The predicted octanol–water partition coefficient (Wildman–Crippen LogP) is 2.06. The van der Waals surface area contributed by atoms with Crippen molar-refractivity contribution in [2.24, 2.45) is 5.73 Å². The quantitative estimate of drug-likeness (QED) is 0.874. The first-order valence-corrected chi connectivity index (χ1v) is 6.97. The van der Waals surface area contributed by atoms with Crippen LogP contribution in [0.25, 0.3) is 11.1 Å². The van der Waals surface area contributed by atoms with Gasteiger partial charge in [-0.3, -0.25) is 0 Å². The van der Waals surface area contributed by atoms with Gasteiger partial charge in [-0.2, -0.15) is 0 Å². The van der Waals surface area contributed by atoms with Crippen LogP contribution in [0.5, 0.6) is 0 Å². The van der Waals surface area contributed by atoms with Gasteiger partial charge in [0.25, 0.3) is 0 Å². The fourth-order valence-corrected chi connectivity index (χ4v) is 2.80. The lowest BCUT2D eigenvalue weighted by Crippen LogP contribution is -2.43. The molecule has 0 aliphatic carbocycles. The molecule has 4 N–H and O–H groups in total. The Labute approximate surface area is 119 Å². The topological polar surface area (TPSA) is 68.2 Å². The third kappa shape index (κ3) is 2.47. The van der Waals surface area contributed by atoms with Crippen LogP contribution in [0.4, 0.5) is 11.5 Å². The van der Waals surface area contributed by atoms with E-state index in [1.54, 1.807) is 6.20 Å². The third-order valence-electron chi connectivity index (χ3n) is 3.75. The molecular formula is C16H19N4. The van der Waals surface area contributed by atoms with Crippen LogP contribution in [0.2, 0.25) is 0 Å². The highest BCUT2D eigenvalue weighted by Crippen LogP contribution is 2.35. The summed E-state index contributed by atoms with van der Waals surface area (Å²) in [5.41, 5.74) is 15.4. The number of hydrogen-bond donors (Lipinski definition) is 2. The van der Waals surface area contributed by atoms with Gasteiger partial charge in [0.15, 0.2) is 0 Å². The fraction of sp³-hybridized carbons (Fsp3) is 0.312. The van der Waals surface area contributed by atoms with Crippen molar-refractivity contribution in [3.63, 3.8) is 0 Å². The van der Waals surface area contributed by atoms with Crippen LogP contribution in [0.15, 0.2) is 36.5 Å². The number of pyridine rings is 1. The van der Waals surface area contributed by atoms with Gasteiger partial charge in [-0.25, -0.2) is 4.98 Å². The van der Waals surface area contributed by atoms with Crippen molar-refractivity contribution in [2.75, 3.05) is 23.7 Å². The van der Waals surface area contributed by atoms with Gasteiger partial charge < -0.3 is 16.4 Å². The van der Waals surface area contributed by atoms with E-state index in [9.17, 15) is 0 Å². The zero-order valence-electron chi connectivity index (χ0n) is 11.4. The number of nitrogens with zero attached hydrogens (tertiary/aromatic N) is 2. The number of aromatic nitrogens is 1. The molecule has 1 aliphatic rings. The van der Waals surface area contributed by atoms with E-state index in [1.807, 2.05) is 30.3 Å². The lowest BCUT2D eigenvalue weighted by molar-refractivity contribution is 0.506. The molecule has 0 saturated carbocycles. The second-order valence-corrected chi connectivity index (χ2v) is 5.23. The largest absolute Gasteiger partial charge is 0.383 e. The van der Waals surface area contributed by atoms with E-state index < -0.39 is 0 Å². The molecule has 1 radical (unpaired) electrons. The van der Waals surface area contributed by atoms with Crippen molar-refractivity contribution in [2.45, 2.75) is 18.9 Å². The van der Waals surface area contributed by atoms with Crippen LogP contribution in [0, 0.1) is 6.07 Å². The van der Waals surface area contributed by atoms with Crippen molar-refractivity contribution < 1.29 is 0 Å². The Kier molecular flexibility index (Phi) is 3.56. The monoisotopic (exact) mass is 267 g/mol. The summed E-state index contributed by atoms with van der Waals surface area (Å²) in [5, 5.41) is 0. The van der Waals surface area contributed by atoms with Crippen molar-refractivity contribution in [1.29, 1.82) is 0 Å². The summed E-state index contributed by atoms with van der Waals surface area (Å²) < 4.78 is 0. The second-order valence-electron chi connectivity index (χ2n) is 5.23. The van der Waals surface area contributed by atoms with E-state index in [2.05, 4.69) is 16.0 Å². The van der Waals surface area contributed by atoms with Gasteiger partial charge in [0.1, 0.15) is 5.82 Å². The number of hydrogen-bond acceptors (Lipinski definition) is 4. The summed E-state index contributed by atoms with van der Waals surface area (Å²) in [6.07, 6.45) is 3.97. The van der Waals surface area contributed by atoms with E-state index >= 15 is 0 Å². The Morgan fingerprint density at radius 3 is 3.00 bits per heavy atom. The summed E-state index contributed by atoms with van der Waals surface area (Å²) in [6, 6.07) is 13.2. The van der Waals surface area contributed by atoms with Gasteiger partial charge in [0, 0.05) is 36.6 Å². The molecule has 2 heterocycles. The Bertz CT molecular complexity index is 582. The first-order valence-electron chi connectivity index (χ1n) is 6.97. The van der Waals surface area contributed by atoms with Gasteiger partial charge in [0.05, 0.1) is 0 Å². The zero-order chi connectivity index (χ0) is 13.9. The molecule has 3 rings (SSSR count). The number of nitrogens with two attached hydrogens (primary N) is 2. The van der Waals surface area contributed by atoms with Crippen molar-refractivity contribution in [3.05, 3.63) is 42.6 Å². The van der Waals surface area contributed by atoms with E-state index in [0.29, 0.717) is 5.82 Å². The van der Waals surface area contributed by atoms with Crippen LogP contribution in [-0.4, -0.2) is 24.1 Å². The molecule has 1 aromatic heterocycles. The van der Waals surface area contributed by atoms with Gasteiger partial charge in [0.2, 0.25) is 0 Å². The smallest absolute Gasteiger partial charge is 0.133 e. The lowest BCUT2D eigenvalue weighted by Gasteiger charge is -2.34. The summed E-state index contributed by atoms with van der Waals surface area (Å²) >= 11 is 0. The van der Waals surface area contributed by atoms with Crippen molar-refractivity contribution in [3.8, 4) is 11.1 Å². The first-order chi connectivity index (χ1) is 9.75. The minimum Gasteiger partial charge on any atom is -0.383 e. The van der Waals surface area contributed by atoms with E-state index in [1.165, 1.54) is 0 Å². The van der Waals surface area contributed by atoms with Crippen LogP contribution >= 0.6 is 0 Å². The van der Waals surface area contributed by atoms with Gasteiger partial charge >= 0.3 is 0 Å². The molecule has 1 fully saturated rings. The van der Waals surface area contributed by atoms with Gasteiger partial charge in [-0.15, -0.1) is 0 Å². The van der Waals surface area contributed by atoms with E-state index in [-0.39, 0.29) is 6.04 Å². The Morgan fingerprint density at radius 2 is 2.25 bits per heavy atom. The first kappa shape index (κ1) is 12.9. The maximum Gasteiger partial charge on any atom is 0.133 e. The molecule has 0 unspecified atom stereocenters. The van der Waals surface area contributed by atoms with Crippen molar-refractivity contribution in [1.82, 2.24) is 4.98 Å². The fourth-order valence-electron chi connectivity index (χ4n) is 2.80. The molecule has 0 spiro atoms. The minimum absolute atomic E-state index is 0.230. The van der Waals surface area contributed by atoms with Gasteiger partial charge in [-0.1, -0.05) is 18.2 Å². The highest BCUT2D eigenvalue weighted by Gasteiger charge is 2.21. The highest BCUT2D eigenvalue weighted by molar-refractivity contribution is 5.86. The molecular weight excluding hydrogens is 248 g/mol. The normalized spacial score (nSPS) is 19.1. The maximum atomic E-state index is 6.11. The molecule has 1 aromatic carbocycles. The predicted molar refractivity (Wildman–Crippen MR) is 82.3 cm³/mol. The number of piperidine rings is 1.